The summed E-state index contributed by atoms with van der Waals surface area (Å²) in [6, 6.07) is 1.90. The van der Waals surface area contributed by atoms with Crippen LogP contribution in [-0.2, 0) is 4.79 Å². The maximum atomic E-state index is 10.4. The van der Waals surface area contributed by atoms with Crippen LogP contribution in [0.25, 0.3) is 11.0 Å². The van der Waals surface area contributed by atoms with Gasteiger partial charge >= 0.3 is 5.97 Å². The Kier molecular flexibility index (Phi) is 2.59. The van der Waals surface area contributed by atoms with Crippen LogP contribution in [-0.4, -0.2) is 31.8 Å². The largest absolute Gasteiger partial charge is 0.481 e. The first-order chi connectivity index (χ1) is 7.16. The summed E-state index contributed by atoms with van der Waals surface area (Å²) >= 11 is 1.19. The van der Waals surface area contributed by atoms with Gasteiger partial charge in [-0.05, 0) is 13.0 Å². The van der Waals surface area contributed by atoms with Crippen LogP contribution in [0.15, 0.2) is 17.4 Å². The average molecular weight is 223 g/mol. The molecule has 0 fully saturated rings. The lowest BCUT2D eigenvalue weighted by molar-refractivity contribution is -0.133. The summed E-state index contributed by atoms with van der Waals surface area (Å²) in [7, 11) is 0. The molecule has 0 atom stereocenters. The minimum atomic E-state index is -0.852. The Labute approximate surface area is 89.9 Å². The molecule has 2 N–H and O–H groups in total. The Morgan fingerprint density at radius 3 is 3.13 bits per heavy atom. The highest BCUT2D eigenvalue weighted by molar-refractivity contribution is 8.00. The molecular formula is C9H9N3O2S. The first-order valence-electron chi connectivity index (χ1n) is 4.32. The zero-order valence-corrected chi connectivity index (χ0v) is 8.84. The van der Waals surface area contributed by atoms with Gasteiger partial charge in [-0.1, -0.05) is 11.8 Å². The van der Waals surface area contributed by atoms with E-state index in [1.807, 2.05) is 13.0 Å². The number of hydrogen-bond donors (Lipinski definition) is 2. The van der Waals surface area contributed by atoms with E-state index < -0.39 is 5.97 Å². The third-order valence-electron chi connectivity index (χ3n) is 1.85. The highest BCUT2D eigenvalue weighted by Gasteiger charge is 2.08. The van der Waals surface area contributed by atoms with Crippen molar-refractivity contribution in [2.75, 3.05) is 5.75 Å². The number of carboxylic acids is 1. The minimum absolute atomic E-state index is 0.00415. The molecule has 0 aromatic carbocycles. The smallest absolute Gasteiger partial charge is 0.313 e. The van der Waals surface area contributed by atoms with Gasteiger partial charge in [0.15, 0.2) is 0 Å². The Morgan fingerprint density at radius 2 is 2.40 bits per heavy atom. The molecule has 78 valence electrons. The van der Waals surface area contributed by atoms with E-state index in [9.17, 15) is 4.79 Å². The summed E-state index contributed by atoms with van der Waals surface area (Å²) < 4.78 is 0. The number of hydrogen-bond acceptors (Lipinski definition) is 4. The predicted molar refractivity (Wildman–Crippen MR) is 57.0 cm³/mol. The SMILES string of the molecule is Cc1cc2ncnc(SCC(=O)O)c2[nH]1. The van der Waals surface area contributed by atoms with E-state index >= 15 is 0 Å². The summed E-state index contributed by atoms with van der Waals surface area (Å²) in [6.07, 6.45) is 1.44. The second-order valence-corrected chi connectivity index (χ2v) is 4.04. The molecule has 6 heteroatoms. The topological polar surface area (TPSA) is 78.9 Å². The highest BCUT2D eigenvalue weighted by atomic mass is 32.2. The number of rotatable bonds is 3. The average Bonchev–Trinajstić information content (AvgIpc) is 2.55. The quantitative estimate of drug-likeness (QED) is 0.608. The van der Waals surface area contributed by atoms with Gasteiger partial charge in [-0.3, -0.25) is 4.79 Å². The van der Waals surface area contributed by atoms with Crippen LogP contribution < -0.4 is 0 Å². The van der Waals surface area contributed by atoms with Crippen LogP contribution in [0.5, 0.6) is 0 Å². The lowest BCUT2D eigenvalue weighted by atomic mass is 10.4. The van der Waals surface area contributed by atoms with Gasteiger partial charge in [0.05, 0.1) is 16.8 Å². The summed E-state index contributed by atoms with van der Waals surface area (Å²) in [4.78, 5) is 21.7. The number of aryl methyl sites for hydroxylation is 1. The minimum Gasteiger partial charge on any atom is -0.481 e. The number of aromatic amines is 1. The van der Waals surface area contributed by atoms with Gasteiger partial charge in [-0.15, -0.1) is 0 Å². The van der Waals surface area contributed by atoms with E-state index in [4.69, 9.17) is 5.11 Å². The lowest BCUT2D eigenvalue weighted by Gasteiger charge is -1.98. The normalized spacial score (nSPS) is 10.7. The molecule has 0 aliphatic rings. The van der Waals surface area contributed by atoms with Crippen molar-refractivity contribution in [1.82, 2.24) is 15.0 Å². The van der Waals surface area contributed by atoms with E-state index in [-0.39, 0.29) is 5.75 Å². The Bertz CT molecular complexity index is 509. The molecular weight excluding hydrogens is 214 g/mol. The third kappa shape index (κ3) is 2.10. The van der Waals surface area contributed by atoms with Crippen LogP contribution in [0.4, 0.5) is 0 Å². The van der Waals surface area contributed by atoms with Crippen molar-refractivity contribution in [3.8, 4) is 0 Å². The van der Waals surface area contributed by atoms with Crippen molar-refractivity contribution in [2.24, 2.45) is 0 Å². The molecule has 0 aliphatic carbocycles. The second-order valence-electron chi connectivity index (χ2n) is 3.07. The molecule has 0 saturated carbocycles. The van der Waals surface area contributed by atoms with Gasteiger partial charge in [0.25, 0.3) is 0 Å². The van der Waals surface area contributed by atoms with Crippen LogP contribution >= 0.6 is 11.8 Å². The highest BCUT2D eigenvalue weighted by Crippen LogP contribution is 2.23. The number of thioether (sulfide) groups is 1. The molecule has 5 nitrogen and oxygen atoms in total. The molecule has 0 bridgehead atoms. The number of H-pyrrole nitrogens is 1. The van der Waals surface area contributed by atoms with E-state index in [1.165, 1.54) is 18.1 Å². The van der Waals surface area contributed by atoms with Crippen molar-refractivity contribution in [3.05, 3.63) is 18.1 Å². The molecule has 0 radical (unpaired) electrons. The van der Waals surface area contributed by atoms with E-state index in [2.05, 4.69) is 15.0 Å². The molecule has 2 aromatic rings. The molecule has 2 rings (SSSR count). The molecule has 2 heterocycles. The van der Waals surface area contributed by atoms with E-state index in [0.717, 1.165) is 16.7 Å². The van der Waals surface area contributed by atoms with Crippen LogP contribution in [0, 0.1) is 6.92 Å². The van der Waals surface area contributed by atoms with Crippen molar-refractivity contribution >= 4 is 28.8 Å². The summed E-state index contributed by atoms with van der Waals surface area (Å²) in [5, 5.41) is 9.25. The number of carboxylic acid groups (broad SMARTS) is 1. The van der Waals surface area contributed by atoms with Gasteiger partial charge < -0.3 is 10.1 Å². The molecule has 0 spiro atoms. The number of fused-ring (bicyclic) bond motifs is 1. The maximum Gasteiger partial charge on any atom is 0.313 e. The third-order valence-corrected chi connectivity index (χ3v) is 2.82. The lowest BCUT2D eigenvalue weighted by Crippen LogP contribution is -1.98. The number of aromatic nitrogens is 3. The van der Waals surface area contributed by atoms with Gasteiger partial charge in [0.1, 0.15) is 11.4 Å². The van der Waals surface area contributed by atoms with Crippen LogP contribution in [0.1, 0.15) is 5.69 Å². The zero-order chi connectivity index (χ0) is 10.8. The van der Waals surface area contributed by atoms with Crippen molar-refractivity contribution in [2.45, 2.75) is 11.9 Å². The van der Waals surface area contributed by atoms with Crippen LogP contribution in [0.2, 0.25) is 0 Å². The molecule has 0 saturated heterocycles. The van der Waals surface area contributed by atoms with Crippen molar-refractivity contribution < 1.29 is 9.90 Å². The van der Waals surface area contributed by atoms with Gasteiger partial charge in [0.2, 0.25) is 0 Å². The summed E-state index contributed by atoms with van der Waals surface area (Å²) in [6.45, 7) is 1.92. The first kappa shape index (κ1) is 9.97. The fourth-order valence-corrected chi connectivity index (χ4v) is 1.97. The van der Waals surface area contributed by atoms with Crippen molar-refractivity contribution in [1.29, 1.82) is 0 Å². The monoisotopic (exact) mass is 223 g/mol. The van der Waals surface area contributed by atoms with Crippen molar-refractivity contribution in [3.63, 3.8) is 0 Å². The molecule has 2 aromatic heterocycles. The number of nitrogens with zero attached hydrogens (tertiary/aromatic N) is 2. The predicted octanol–water partition coefficient (Wildman–Crippen LogP) is 1.44. The van der Waals surface area contributed by atoms with Gasteiger partial charge in [0, 0.05) is 5.69 Å². The first-order valence-corrected chi connectivity index (χ1v) is 5.30. The van der Waals surface area contributed by atoms with E-state index in [0.29, 0.717) is 5.03 Å². The standard InChI is InChI=1S/C9H9N3O2S/c1-5-2-6-8(12-5)9(11-4-10-6)15-3-7(13)14/h2,4,12H,3H2,1H3,(H,13,14). The Hall–Kier alpha value is -1.56. The number of carbonyl (C=O) groups is 1. The van der Waals surface area contributed by atoms with E-state index in [1.54, 1.807) is 0 Å². The summed E-state index contributed by atoms with van der Waals surface area (Å²) in [5.41, 5.74) is 2.61. The Morgan fingerprint density at radius 1 is 1.60 bits per heavy atom. The van der Waals surface area contributed by atoms with Crippen LogP contribution in [0.3, 0.4) is 0 Å². The Balaban J connectivity index is 2.37. The molecule has 0 amide bonds. The molecule has 0 unspecified atom stereocenters. The molecule has 15 heavy (non-hydrogen) atoms. The fraction of sp³-hybridized carbons (Fsp3) is 0.222. The fourth-order valence-electron chi connectivity index (χ4n) is 1.29. The van der Waals surface area contributed by atoms with Gasteiger partial charge in [-0.25, -0.2) is 9.97 Å². The number of aliphatic carboxylic acids is 1. The second kappa shape index (κ2) is 3.90. The summed E-state index contributed by atoms with van der Waals surface area (Å²) in [5.74, 6) is -0.848. The van der Waals surface area contributed by atoms with Gasteiger partial charge in [-0.2, -0.15) is 0 Å². The maximum absolute atomic E-state index is 10.4. The zero-order valence-electron chi connectivity index (χ0n) is 8.02. The molecule has 0 aliphatic heterocycles. The number of nitrogens with one attached hydrogen (secondary N) is 1.